The van der Waals surface area contributed by atoms with Gasteiger partial charge < -0.3 is 18.9 Å². The van der Waals surface area contributed by atoms with E-state index < -0.39 is 6.10 Å². The van der Waals surface area contributed by atoms with Crippen molar-refractivity contribution in [1.82, 2.24) is 0 Å². The van der Waals surface area contributed by atoms with Gasteiger partial charge in [-0.15, -0.1) is 0 Å². The van der Waals surface area contributed by atoms with E-state index in [1.54, 1.807) is 18.2 Å². The van der Waals surface area contributed by atoms with Crippen LogP contribution in [0.2, 0.25) is 0 Å². The normalized spacial score (nSPS) is 25.9. The molecule has 3 rings (SSSR count). The predicted octanol–water partition coefficient (Wildman–Crippen LogP) is 1.69. The first-order valence-corrected chi connectivity index (χ1v) is 6.87. The van der Waals surface area contributed by atoms with Gasteiger partial charge in [0.05, 0.1) is 33.0 Å². The average Bonchev–Trinajstić information content (AvgIpc) is 2.69. The lowest BCUT2D eigenvalue weighted by molar-refractivity contribution is -0.0719. The lowest BCUT2D eigenvalue weighted by Gasteiger charge is -2.22. The Kier molecular flexibility index (Phi) is 3.89. The molecule has 0 radical (unpaired) electrons. The van der Waals surface area contributed by atoms with Gasteiger partial charge in [0.2, 0.25) is 0 Å². The molecule has 0 aromatic heterocycles. The molecule has 2 aliphatic rings. The van der Waals surface area contributed by atoms with Gasteiger partial charge in [0.1, 0.15) is 6.10 Å². The summed E-state index contributed by atoms with van der Waals surface area (Å²) in [5.74, 6) is 1.56. The third-order valence-electron chi connectivity index (χ3n) is 3.38. The van der Waals surface area contributed by atoms with Crippen LogP contribution in [-0.2, 0) is 9.47 Å². The van der Waals surface area contributed by atoms with E-state index in [9.17, 15) is 4.79 Å². The molecule has 108 valence electrons. The van der Waals surface area contributed by atoms with E-state index in [0.717, 1.165) is 0 Å². The zero-order valence-electron chi connectivity index (χ0n) is 11.5. The molecule has 1 fully saturated rings. The van der Waals surface area contributed by atoms with Crippen molar-refractivity contribution in [3.8, 4) is 11.5 Å². The Bertz CT molecular complexity index is 493. The Labute approximate surface area is 117 Å². The number of carbonyl (C=O) groups excluding carboxylic acids is 1. The van der Waals surface area contributed by atoms with E-state index in [1.165, 1.54) is 0 Å². The summed E-state index contributed by atoms with van der Waals surface area (Å²) >= 11 is 0. The van der Waals surface area contributed by atoms with E-state index in [-0.39, 0.29) is 5.78 Å². The number of hydrogen-bond donors (Lipinski definition) is 0. The Morgan fingerprint density at radius 1 is 1.10 bits per heavy atom. The fraction of sp³-hybridized carbons (Fsp3) is 0.533. The largest absolute Gasteiger partial charge is 0.489 e. The van der Waals surface area contributed by atoms with E-state index in [1.807, 2.05) is 0 Å². The fourth-order valence-corrected chi connectivity index (χ4v) is 2.23. The first-order chi connectivity index (χ1) is 9.74. The van der Waals surface area contributed by atoms with Crippen molar-refractivity contribution >= 4 is 5.78 Å². The molecule has 0 bridgehead atoms. The monoisotopic (exact) mass is 278 g/mol. The summed E-state index contributed by atoms with van der Waals surface area (Å²) in [7, 11) is 0. The minimum atomic E-state index is -0.521. The van der Waals surface area contributed by atoms with Crippen molar-refractivity contribution in [2.75, 3.05) is 33.0 Å². The number of hydrogen-bond acceptors (Lipinski definition) is 5. The first kappa shape index (κ1) is 13.4. The number of rotatable bonds is 2. The van der Waals surface area contributed by atoms with Gasteiger partial charge in [0.15, 0.2) is 17.3 Å². The van der Waals surface area contributed by atoms with Crippen LogP contribution < -0.4 is 9.47 Å². The van der Waals surface area contributed by atoms with Crippen molar-refractivity contribution in [2.24, 2.45) is 5.92 Å². The third-order valence-corrected chi connectivity index (χ3v) is 3.38. The van der Waals surface area contributed by atoms with Gasteiger partial charge in [-0.3, -0.25) is 4.79 Å². The molecule has 0 amide bonds. The number of ketones is 1. The third kappa shape index (κ3) is 2.78. The number of ether oxygens (including phenoxy) is 4. The molecule has 1 aromatic rings. The number of carbonyl (C=O) groups is 1. The molecular formula is C15H18O5. The number of fused-ring (bicyclic) bond motifs is 1. The maximum Gasteiger partial charge on any atom is 0.194 e. The smallest absolute Gasteiger partial charge is 0.194 e. The summed E-state index contributed by atoms with van der Waals surface area (Å²) < 4.78 is 22.0. The molecular weight excluding hydrogens is 260 g/mol. The summed E-state index contributed by atoms with van der Waals surface area (Å²) in [5, 5.41) is 0. The highest BCUT2D eigenvalue weighted by Gasteiger charge is 2.25. The van der Waals surface area contributed by atoms with Gasteiger partial charge >= 0.3 is 0 Å². The highest BCUT2D eigenvalue weighted by Crippen LogP contribution is 2.31. The average molecular weight is 278 g/mol. The lowest BCUT2D eigenvalue weighted by atomic mass is 10.1. The second-order valence-electron chi connectivity index (χ2n) is 5.19. The minimum Gasteiger partial charge on any atom is -0.489 e. The molecule has 20 heavy (non-hydrogen) atoms. The molecule has 0 N–H and O–H groups in total. The molecule has 2 aliphatic heterocycles. The molecule has 0 aliphatic carbocycles. The Hall–Kier alpha value is -1.59. The van der Waals surface area contributed by atoms with Gasteiger partial charge in [0.25, 0.3) is 0 Å². The highest BCUT2D eigenvalue weighted by atomic mass is 16.6. The van der Waals surface area contributed by atoms with E-state index in [4.69, 9.17) is 18.9 Å². The maximum absolute atomic E-state index is 12.3. The summed E-state index contributed by atoms with van der Waals surface area (Å²) in [4.78, 5) is 12.3. The summed E-state index contributed by atoms with van der Waals surface area (Å²) in [6, 6.07) is 5.26. The molecule has 1 saturated heterocycles. The standard InChI is InChI=1S/C15H18O5/c1-10-7-19-12-3-2-11(6-13(12)20-8-10)15(16)14-9-17-4-5-18-14/h2-3,6,10,14H,4-5,7-9H2,1H3. The molecule has 5 heteroatoms. The summed E-state index contributed by atoms with van der Waals surface area (Å²) in [6.07, 6.45) is -0.521. The quantitative estimate of drug-likeness (QED) is 0.771. The van der Waals surface area contributed by atoms with Crippen LogP contribution in [0, 0.1) is 5.92 Å². The fourth-order valence-electron chi connectivity index (χ4n) is 2.23. The number of benzene rings is 1. The van der Waals surface area contributed by atoms with E-state index in [2.05, 4.69) is 6.92 Å². The van der Waals surface area contributed by atoms with Crippen LogP contribution in [0.1, 0.15) is 17.3 Å². The predicted molar refractivity (Wildman–Crippen MR) is 71.5 cm³/mol. The van der Waals surface area contributed by atoms with Crippen LogP contribution in [0.4, 0.5) is 0 Å². The van der Waals surface area contributed by atoms with Crippen molar-refractivity contribution in [3.05, 3.63) is 23.8 Å². The van der Waals surface area contributed by atoms with Gasteiger partial charge in [-0.25, -0.2) is 0 Å². The van der Waals surface area contributed by atoms with Crippen LogP contribution in [-0.4, -0.2) is 44.9 Å². The first-order valence-electron chi connectivity index (χ1n) is 6.87. The number of Topliss-reactive ketones (excluding diaryl/α,β-unsaturated/α-hetero) is 1. The van der Waals surface area contributed by atoms with Crippen LogP contribution in [0.25, 0.3) is 0 Å². The Morgan fingerprint density at radius 3 is 2.65 bits per heavy atom. The second kappa shape index (κ2) is 5.81. The van der Waals surface area contributed by atoms with Crippen LogP contribution in [0.15, 0.2) is 18.2 Å². The molecule has 2 unspecified atom stereocenters. The van der Waals surface area contributed by atoms with Gasteiger partial charge in [-0.05, 0) is 18.2 Å². The molecule has 2 atom stereocenters. The second-order valence-corrected chi connectivity index (χ2v) is 5.19. The summed E-state index contributed by atoms with van der Waals surface area (Å²) in [6.45, 7) is 4.59. The molecule has 1 aromatic carbocycles. The molecule has 0 spiro atoms. The molecule has 2 heterocycles. The minimum absolute atomic E-state index is 0.0756. The van der Waals surface area contributed by atoms with Crippen LogP contribution in [0.3, 0.4) is 0 Å². The van der Waals surface area contributed by atoms with Crippen molar-refractivity contribution in [2.45, 2.75) is 13.0 Å². The molecule has 0 saturated carbocycles. The van der Waals surface area contributed by atoms with Gasteiger partial charge in [-0.2, -0.15) is 0 Å². The zero-order valence-corrected chi connectivity index (χ0v) is 11.5. The van der Waals surface area contributed by atoms with Gasteiger partial charge in [0, 0.05) is 11.5 Å². The van der Waals surface area contributed by atoms with Crippen molar-refractivity contribution < 1.29 is 23.7 Å². The Balaban J connectivity index is 1.79. The van der Waals surface area contributed by atoms with Gasteiger partial charge in [-0.1, -0.05) is 6.92 Å². The zero-order chi connectivity index (χ0) is 13.9. The van der Waals surface area contributed by atoms with Crippen LogP contribution >= 0.6 is 0 Å². The lowest BCUT2D eigenvalue weighted by Crippen LogP contribution is -2.35. The summed E-state index contributed by atoms with van der Waals surface area (Å²) in [5.41, 5.74) is 0.567. The topological polar surface area (TPSA) is 54.0 Å². The SMILES string of the molecule is CC1COc2ccc(C(=O)C3COCCO3)cc2OC1. The maximum atomic E-state index is 12.3. The van der Waals surface area contributed by atoms with E-state index in [0.29, 0.717) is 56.0 Å². The van der Waals surface area contributed by atoms with E-state index >= 15 is 0 Å². The molecule has 5 nitrogen and oxygen atoms in total. The van der Waals surface area contributed by atoms with Crippen LogP contribution in [0.5, 0.6) is 11.5 Å². The highest BCUT2D eigenvalue weighted by molar-refractivity contribution is 6.00. The Morgan fingerprint density at radius 2 is 1.90 bits per heavy atom. The van der Waals surface area contributed by atoms with Crippen molar-refractivity contribution in [3.63, 3.8) is 0 Å². The van der Waals surface area contributed by atoms with Crippen molar-refractivity contribution in [1.29, 1.82) is 0 Å².